The molecule has 0 unspecified atom stereocenters. The van der Waals surface area contributed by atoms with E-state index in [9.17, 15) is 5.11 Å². The van der Waals surface area contributed by atoms with Crippen LogP contribution in [0.3, 0.4) is 0 Å². The molecule has 0 heterocycles. The Hall–Kier alpha value is -1.64. The number of benzene rings is 2. The average molecular weight is 255 g/mol. The largest absolute Gasteiger partial charge is 0.395 e. The second kappa shape index (κ2) is 7.07. The summed E-state index contributed by atoms with van der Waals surface area (Å²) in [7, 11) is 0. The number of aryl methyl sites for hydroxylation is 1. The first-order valence-corrected chi connectivity index (χ1v) is 6.72. The number of nitrogens with one attached hydrogen (secondary N) is 1. The van der Waals surface area contributed by atoms with E-state index in [2.05, 4.69) is 42.6 Å². The molecule has 0 aliphatic rings. The van der Waals surface area contributed by atoms with Gasteiger partial charge in [0.25, 0.3) is 0 Å². The average Bonchev–Trinajstić information content (AvgIpc) is 2.46. The fourth-order valence-electron chi connectivity index (χ4n) is 2.16. The lowest BCUT2D eigenvalue weighted by Crippen LogP contribution is -2.34. The smallest absolute Gasteiger partial charge is 0.0587 e. The zero-order chi connectivity index (χ0) is 13.5. The van der Waals surface area contributed by atoms with E-state index in [1.54, 1.807) is 0 Å². The maximum Gasteiger partial charge on any atom is 0.0587 e. The summed E-state index contributed by atoms with van der Waals surface area (Å²) in [5.74, 6) is 0. The maximum atomic E-state index is 9.47. The molecule has 0 bridgehead atoms. The van der Waals surface area contributed by atoms with E-state index in [4.69, 9.17) is 0 Å². The van der Waals surface area contributed by atoms with E-state index in [-0.39, 0.29) is 12.6 Å². The summed E-state index contributed by atoms with van der Waals surface area (Å²) in [6.07, 6.45) is 0.850. The van der Waals surface area contributed by atoms with Crippen LogP contribution in [0.4, 0.5) is 0 Å². The first kappa shape index (κ1) is 13.8. The minimum Gasteiger partial charge on any atom is -0.395 e. The van der Waals surface area contributed by atoms with Crippen LogP contribution in [0.2, 0.25) is 0 Å². The van der Waals surface area contributed by atoms with Crippen LogP contribution in [0.1, 0.15) is 16.7 Å². The first-order valence-electron chi connectivity index (χ1n) is 6.72. The molecule has 2 heteroatoms. The minimum atomic E-state index is 0.0991. The summed E-state index contributed by atoms with van der Waals surface area (Å²) < 4.78 is 0. The molecule has 0 radical (unpaired) electrons. The van der Waals surface area contributed by atoms with Crippen LogP contribution in [0.15, 0.2) is 54.6 Å². The van der Waals surface area contributed by atoms with Crippen molar-refractivity contribution in [3.8, 4) is 0 Å². The van der Waals surface area contributed by atoms with Crippen molar-refractivity contribution in [3.05, 3.63) is 71.3 Å². The fraction of sp³-hybridized carbons (Fsp3) is 0.294. The third-order valence-corrected chi connectivity index (χ3v) is 3.39. The molecule has 0 aliphatic carbocycles. The highest BCUT2D eigenvalue weighted by molar-refractivity contribution is 5.25. The minimum absolute atomic E-state index is 0.0991. The third kappa shape index (κ3) is 4.19. The number of rotatable bonds is 6. The van der Waals surface area contributed by atoms with Crippen molar-refractivity contribution in [1.29, 1.82) is 0 Å². The van der Waals surface area contributed by atoms with E-state index >= 15 is 0 Å². The molecule has 2 rings (SSSR count). The molecule has 100 valence electrons. The maximum absolute atomic E-state index is 9.47. The highest BCUT2D eigenvalue weighted by Gasteiger charge is 2.08. The van der Waals surface area contributed by atoms with E-state index in [1.807, 2.05) is 24.3 Å². The molecule has 0 saturated carbocycles. The van der Waals surface area contributed by atoms with Gasteiger partial charge in [0.2, 0.25) is 0 Å². The Morgan fingerprint density at radius 3 is 2.37 bits per heavy atom. The van der Waals surface area contributed by atoms with Crippen molar-refractivity contribution >= 4 is 0 Å². The molecule has 0 fully saturated rings. The Morgan fingerprint density at radius 1 is 1.00 bits per heavy atom. The summed E-state index contributed by atoms with van der Waals surface area (Å²) in [6.45, 7) is 3.06. The van der Waals surface area contributed by atoms with Crippen LogP contribution in [-0.4, -0.2) is 17.8 Å². The second-order valence-electron chi connectivity index (χ2n) is 4.88. The number of aliphatic hydroxyl groups excluding tert-OH is 1. The second-order valence-corrected chi connectivity index (χ2v) is 4.88. The molecule has 0 aliphatic heterocycles. The van der Waals surface area contributed by atoms with Crippen LogP contribution in [0.5, 0.6) is 0 Å². The Labute approximate surface area is 115 Å². The van der Waals surface area contributed by atoms with Crippen molar-refractivity contribution in [2.24, 2.45) is 0 Å². The SMILES string of the molecule is Cc1ccccc1CN[C@H](CO)Cc1ccccc1. The number of aliphatic hydroxyl groups is 1. The summed E-state index contributed by atoms with van der Waals surface area (Å²) in [4.78, 5) is 0. The van der Waals surface area contributed by atoms with Crippen LogP contribution in [0.25, 0.3) is 0 Å². The van der Waals surface area contributed by atoms with Crippen molar-refractivity contribution in [2.75, 3.05) is 6.61 Å². The van der Waals surface area contributed by atoms with Crippen LogP contribution < -0.4 is 5.32 Å². The molecular formula is C17H21NO. The predicted octanol–water partition coefficient (Wildman–Crippen LogP) is 2.69. The standard InChI is InChI=1S/C17H21NO/c1-14-7-5-6-10-16(14)12-18-17(13-19)11-15-8-3-2-4-9-15/h2-10,17-19H,11-13H2,1H3/t17-/m0/s1. The molecule has 2 N–H and O–H groups in total. The van der Waals surface area contributed by atoms with E-state index in [1.165, 1.54) is 16.7 Å². The Balaban J connectivity index is 1.91. The first-order chi connectivity index (χ1) is 9.29. The summed E-state index contributed by atoms with van der Waals surface area (Å²) in [6, 6.07) is 18.7. The topological polar surface area (TPSA) is 32.3 Å². The fourth-order valence-corrected chi connectivity index (χ4v) is 2.16. The molecular weight excluding hydrogens is 234 g/mol. The zero-order valence-corrected chi connectivity index (χ0v) is 11.3. The lowest BCUT2D eigenvalue weighted by Gasteiger charge is -2.17. The van der Waals surface area contributed by atoms with Crippen LogP contribution >= 0.6 is 0 Å². The van der Waals surface area contributed by atoms with Gasteiger partial charge in [0.05, 0.1) is 6.61 Å². The third-order valence-electron chi connectivity index (χ3n) is 3.39. The molecule has 0 saturated heterocycles. The normalized spacial score (nSPS) is 12.3. The van der Waals surface area contributed by atoms with Crippen molar-refractivity contribution < 1.29 is 5.11 Å². The summed E-state index contributed by atoms with van der Waals surface area (Å²) >= 11 is 0. The quantitative estimate of drug-likeness (QED) is 0.832. The lowest BCUT2D eigenvalue weighted by atomic mass is 10.1. The molecule has 19 heavy (non-hydrogen) atoms. The molecule has 2 nitrogen and oxygen atoms in total. The van der Waals surface area contributed by atoms with Gasteiger partial charge in [-0.1, -0.05) is 54.6 Å². The van der Waals surface area contributed by atoms with Gasteiger partial charge in [-0.15, -0.1) is 0 Å². The molecule has 0 amide bonds. The highest BCUT2D eigenvalue weighted by atomic mass is 16.3. The lowest BCUT2D eigenvalue weighted by molar-refractivity contribution is 0.240. The Bertz CT molecular complexity index is 496. The van der Waals surface area contributed by atoms with Gasteiger partial charge >= 0.3 is 0 Å². The van der Waals surface area contributed by atoms with Gasteiger partial charge in [0.1, 0.15) is 0 Å². The van der Waals surface area contributed by atoms with Crippen molar-refractivity contribution in [3.63, 3.8) is 0 Å². The summed E-state index contributed by atoms with van der Waals surface area (Å²) in [5, 5.41) is 12.9. The van der Waals surface area contributed by atoms with Crippen molar-refractivity contribution in [1.82, 2.24) is 5.32 Å². The van der Waals surface area contributed by atoms with Gasteiger partial charge < -0.3 is 10.4 Å². The van der Waals surface area contributed by atoms with Gasteiger partial charge in [-0.25, -0.2) is 0 Å². The van der Waals surface area contributed by atoms with E-state index in [0.717, 1.165) is 13.0 Å². The van der Waals surface area contributed by atoms with Gasteiger partial charge in [0, 0.05) is 12.6 Å². The van der Waals surface area contributed by atoms with Gasteiger partial charge in [-0.3, -0.25) is 0 Å². The van der Waals surface area contributed by atoms with Gasteiger partial charge in [-0.05, 0) is 30.0 Å². The molecule has 0 spiro atoms. The molecule has 1 atom stereocenters. The monoisotopic (exact) mass is 255 g/mol. The summed E-state index contributed by atoms with van der Waals surface area (Å²) in [5.41, 5.74) is 3.82. The molecule has 2 aromatic rings. The number of hydrogen-bond donors (Lipinski definition) is 2. The predicted molar refractivity (Wildman–Crippen MR) is 79.0 cm³/mol. The van der Waals surface area contributed by atoms with Crippen molar-refractivity contribution in [2.45, 2.75) is 25.9 Å². The van der Waals surface area contributed by atoms with Gasteiger partial charge in [0.15, 0.2) is 0 Å². The Kier molecular flexibility index (Phi) is 5.13. The highest BCUT2D eigenvalue weighted by Crippen LogP contribution is 2.08. The Morgan fingerprint density at radius 2 is 1.68 bits per heavy atom. The number of hydrogen-bond acceptors (Lipinski definition) is 2. The van der Waals surface area contributed by atoms with Crippen LogP contribution in [0, 0.1) is 6.92 Å². The molecule has 2 aromatic carbocycles. The molecule has 0 aromatic heterocycles. The zero-order valence-electron chi connectivity index (χ0n) is 11.3. The van der Waals surface area contributed by atoms with Crippen LogP contribution in [-0.2, 0) is 13.0 Å². The van der Waals surface area contributed by atoms with Gasteiger partial charge in [-0.2, -0.15) is 0 Å². The van der Waals surface area contributed by atoms with E-state index < -0.39 is 0 Å². The van der Waals surface area contributed by atoms with E-state index in [0.29, 0.717) is 0 Å².